The highest BCUT2D eigenvalue weighted by molar-refractivity contribution is 6.14. The van der Waals surface area contributed by atoms with Crippen molar-refractivity contribution in [2.75, 3.05) is 13.2 Å². The lowest BCUT2D eigenvalue weighted by molar-refractivity contribution is -0.141. The van der Waals surface area contributed by atoms with E-state index in [2.05, 4.69) is 24.4 Å². The van der Waals surface area contributed by atoms with Gasteiger partial charge in [-0.05, 0) is 24.7 Å². The first-order valence-electron chi connectivity index (χ1n) is 11.1. The van der Waals surface area contributed by atoms with Crippen LogP contribution in [0.5, 0.6) is 0 Å². The maximum Gasteiger partial charge on any atom is 0.260 e. The van der Waals surface area contributed by atoms with Gasteiger partial charge in [-0.15, -0.1) is 0 Å². The molecule has 3 N–H and O–H groups in total. The van der Waals surface area contributed by atoms with Gasteiger partial charge in [0.15, 0.2) is 0 Å². The maximum absolute atomic E-state index is 12.2. The second kappa shape index (κ2) is 11.4. The molecule has 8 nitrogen and oxygen atoms in total. The molecule has 1 saturated carbocycles. The number of carbonyl (C=O) groups excluding carboxylic acids is 3. The van der Waals surface area contributed by atoms with E-state index in [4.69, 9.17) is 0 Å². The van der Waals surface area contributed by atoms with Gasteiger partial charge in [0.25, 0.3) is 17.7 Å². The first-order valence-corrected chi connectivity index (χ1v) is 11.1. The molecule has 2 atom stereocenters. The number of hydrogen-bond donors (Lipinski definition) is 3. The van der Waals surface area contributed by atoms with Gasteiger partial charge in [0.1, 0.15) is 12.1 Å². The van der Waals surface area contributed by atoms with E-state index in [0.29, 0.717) is 24.7 Å². The number of aliphatic hydroxyl groups is 2. The van der Waals surface area contributed by atoms with Crippen LogP contribution < -0.4 is 5.43 Å². The van der Waals surface area contributed by atoms with Crippen LogP contribution in [0.15, 0.2) is 17.3 Å². The highest BCUT2D eigenvalue weighted by Crippen LogP contribution is 2.37. The minimum Gasteiger partial charge on any atom is -0.390 e. The highest BCUT2D eigenvalue weighted by atomic mass is 16.3. The Kier molecular flexibility index (Phi) is 9.17. The van der Waals surface area contributed by atoms with Crippen LogP contribution in [-0.2, 0) is 14.4 Å². The summed E-state index contributed by atoms with van der Waals surface area (Å²) in [6.45, 7) is 3.31. The van der Waals surface area contributed by atoms with E-state index in [1.165, 1.54) is 0 Å². The number of hydrogen-bond acceptors (Lipinski definition) is 6. The summed E-state index contributed by atoms with van der Waals surface area (Å²) in [6.07, 6.45) is 10.5. The molecule has 0 aromatic heterocycles. The Bertz CT molecular complexity index is 654. The fourth-order valence-electron chi connectivity index (χ4n) is 4.67. The average Bonchev–Trinajstić information content (AvgIpc) is 2.99. The van der Waals surface area contributed by atoms with Gasteiger partial charge in [-0.1, -0.05) is 58.8 Å². The van der Waals surface area contributed by atoms with Crippen molar-refractivity contribution in [3.63, 3.8) is 0 Å². The largest absolute Gasteiger partial charge is 0.390 e. The Hall–Kier alpha value is -2.06. The molecule has 1 heterocycles. The fourth-order valence-corrected chi connectivity index (χ4v) is 4.67. The molecule has 2 aliphatic rings. The molecule has 1 fully saturated rings. The van der Waals surface area contributed by atoms with Crippen LogP contribution in [0.3, 0.4) is 0 Å². The van der Waals surface area contributed by atoms with Crippen LogP contribution >= 0.6 is 0 Å². The third kappa shape index (κ3) is 6.47. The average molecular weight is 422 g/mol. The standard InChI is InChI=1S/C22H35N3O5/c1-3-6-16-8-5-9-17(7-4-2)13-22(30,12-16)18(15-26)23-24-19(27)14-25-20(28)10-11-21(25)29/h10-11,16-17,26,30H,3-9,12-15H2,1-2H3,(H,24,27)/b23-18+. The van der Waals surface area contributed by atoms with E-state index in [1.54, 1.807) is 0 Å². The molecule has 3 amide bonds. The van der Waals surface area contributed by atoms with Crippen molar-refractivity contribution >= 4 is 23.4 Å². The predicted molar refractivity (Wildman–Crippen MR) is 113 cm³/mol. The number of amides is 3. The van der Waals surface area contributed by atoms with Gasteiger partial charge in [-0.25, -0.2) is 5.43 Å². The first-order chi connectivity index (χ1) is 14.3. The van der Waals surface area contributed by atoms with Crippen LogP contribution in [0.1, 0.15) is 71.6 Å². The molecule has 2 unspecified atom stereocenters. The molecular formula is C22H35N3O5. The Balaban J connectivity index is 2.13. The Morgan fingerprint density at radius 2 is 1.67 bits per heavy atom. The number of aliphatic hydroxyl groups excluding tert-OH is 1. The number of nitrogens with one attached hydrogen (secondary N) is 1. The van der Waals surface area contributed by atoms with Crippen molar-refractivity contribution in [3.8, 4) is 0 Å². The van der Waals surface area contributed by atoms with Gasteiger partial charge < -0.3 is 10.2 Å². The van der Waals surface area contributed by atoms with Gasteiger partial charge in [-0.3, -0.25) is 19.3 Å². The second-order valence-electron chi connectivity index (χ2n) is 8.53. The second-order valence-corrected chi connectivity index (χ2v) is 8.53. The molecule has 0 spiro atoms. The molecule has 0 aromatic carbocycles. The van der Waals surface area contributed by atoms with E-state index in [9.17, 15) is 24.6 Å². The van der Waals surface area contributed by atoms with Crippen molar-refractivity contribution in [2.45, 2.75) is 77.2 Å². The number of nitrogens with zero attached hydrogens (tertiary/aromatic N) is 2. The van der Waals surface area contributed by atoms with Gasteiger partial charge in [-0.2, -0.15) is 5.10 Å². The van der Waals surface area contributed by atoms with Gasteiger partial charge in [0, 0.05) is 12.2 Å². The molecule has 8 heteroatoms. The number of imide groups is 1. The third-order valence-corrected chi connectivity index (χ3v) is 6.08. The number of rotatable bonds is 9. The lowest BCUT2D eigenvalue weighted by Gasteiger charge is -2.38. The Morgan fingerprint density at radius 3 is 2.13 bits per heavy atom. The van der Waals surface area contributed by atoms with Crippen LogP contribution in [0.25, 0.3) is 0 Å². The van der Waals surface area contributed by atoms with Crippen LogP contribution in [0.2, 0.25) is 0 Å². The van der Waals surface area contributed by atoms with E-state index >= 15 is 0 Å². The summed E-state index contributed by atoms with van der Waals surface area (Å²) in [6, 6.07) is 0. The van der Waals surface area contributed by atoms with Crippen molar-refractivity contribution in [1.82, 2.24) is 10.3 Å². The van der Waals surface area contributed by atoms with E-state index < -0.39 is 36.5 Å². The summed E-state index contributed by atoms with van der Waals surface area (Å²) in [5.74, 6) is -1.09. The summed E-state index contributed by atoms with van der Waals surface area (Å²) in [7, 11) is 0. The van der Waals surface area contributed by atoms with Gasteiger partial charge in [0.05, 0.1) is 12.3 Å². The van der Waals surface area contributed by atoms with Crippen molar-refractivity contribution in [1.29, 1.82) is 0 Å². The van der Waals surface area contributed by atoms with Crippen LogP contribution in [0.4, 0.5) is 0 Å². The van der Waals surface area contributed by atoms with E-state index in [1.807, 2.05) is 0 Å². The summed E-state index contributed by atoms with van der Waals surface area (Å²) >= 11 is 0. The quantitative estimate of drug-likeness (QED) is 0.298. The zero-order chi connectivity index (χ0) is 22.1. The molecule has 0 saturated heterocycles. The number of hydrazone groups is 1. The Morgan fingerprint density at radius 1 is 1.13 bits per heavy atom. The summed E-state index contributed by atoms with van der Waals surface area (Å²) in [4.78, 5) is 36.2. The van der Waals surface area contributed by atoms with Crippen LogP contribution in [-0.4, -0.2) is 57.3 Å². The smallest absolute Gasteiger partial charge is 0.260 e. The molecule has 1 aliphatic carbocycles. The molecule has 0 bridgehead atoms. The summed E-state index contributed by atoms with van der Waals surface area (Å²) in [5.41, 5.74) is 1.16. The van der Waals surface area contributed by atoms with Gasteiger partial charge >= 0.3 is 0 Å². The molecule has 2 rings (SSSR count). The maximum atomic E-state index is 12.2. The highest BCUT2D eigenvalue weighted by Gasteiger charge is 2.39. The SMILES string of the molecule is CCCC1CCCC(CCC)CC(O)(/C(CO)=N/NC(=O)CN2C(=O)C=CC2=O)C1. The first kappa shape index (κ1) is 24.2. The topological polar surface area (TPSA) is 119 Å². The van der Waals surface area contributed by atoms with Gasteiger partial charge in [0.2, 0.25) is 0 Å². The molecule has 1 aliphatic heterocycles. The fraction of sp³-hybridized carbons (Fsp3) is 0.727. The lowest BCUT2D eigenvalue weighted by Crippen LogP contribution is -2.47. The zero-order valence-electron chi connectivity index (χ0n) is 18.1. The lowest BCUT2D eigenvalue weighted by atomic mass is 9.72. The minimum atomic E-state index is -1.29. The van der Waals surface area contributed by atoms with Crippen LogP contribution in [0, 0.1) is 11.8 Å². The van der Waals surface area contributed by atoms with Crippen molar-refractivity contribution < 1.29 is 24.6 Å². The minimum absolute atomic E-state index is 0.136. The monoisotopic (exact) mass is 421 g/mol. The zero-order valence-corrected chi connectivity index (χ0v) is 18.1. The Labute approximate surface area is 178 Å². The van der Waals surface area contributed by atoms with E-state index in [0.717, 1.165) is 62.0 Å². The summed E-state index contributed by atoms with van der Waals surface area (Å²) < 4.78 is 0. The molecule has 30 heavy (non-hydrogen) atoms. The third-order valence-electron chi connectivity index (χ3n) is 6.08. The van der Waals surface area contributed by atoms with E-state index in [-0.39, 0.29) is 5.71 Å². The molecular weight excluding hydrogens is 386 g/mol. The van der Waals surface area contributed by atoms with Crippen molar-refractivity contribution in [3.05, 3.63) is 12.2 Å². The number of carbonyl (C=O) groups is 3. The molecule has 0 aromatic rings. The summed E-state index contributed by atoms with van der Waals surface area (Å²) in [5, 5.41) is 25.5. The molecule has 0 radical (unpaired) electrons. The predicted octanol–water partition coefficient (Wildman–Crippen LogP) is 1.90. The molecule has 168 valence electrons. The van der Waals surface area contributed by atoms with Crippen molar-refractivity contribution in [2.24, 2.45) is 16.9 Å². The normalized spacial score (nSPS) is 27.9.